The van der Waals surface area contributed by atoms with Crippen LogP contribution in [0.3, 0.4) is 0 Å². The lowest BCUT2D eigenvalue weighted by Crippen LogP contribution is -2.19. The summed E-state index contributed by atoms with van der Waals surface area (Å²) < 4.78 is 26.2. The number of halogens is 2. The van der Waals surface area contributed by atoms with Gasteiger partial charge in [-0.1, -0.05) is 13.8 Å². The number of carbonyl (C=O) groups is 1. The monoisotopic (exact) mass is 214 g/mol. The van der Waals surface area contributed by atoms with E-state index in [0.29, 0.717) is 0 Å². The van der Waals surface area contributed by atoms with E-state index in [0.717, 1.165) is 18.2 Å². The highest BCUT2D eigenvalue weighted by Gasteiger charge is 2.26. The molecule has 0 aliphatic rings. The van der Waals surface area contributed by atoms with Crippen LogP contribution >= 0.6 is 0 Å². The van der Waals surface area contributed by atoms with Crippen molar-refractivity contribution in [2.75, 3.05) is 0 Å². The number of carboxylic acid groups (broad SMARTS) is 1. The fraction of sp³-hybridized carbons (Fsp3) is 0.364. The van der Waals surface area contributed by atoms with Gasteiger partial charge in [0.25, 0.3) is 0 Å². The Labute approximate surface area is 86.5 Å². The van der Waals surface area contributed by atoms with Gasteiger partial charge in [-0.15, -0.1) is 0 Å². The Bertz CT molecular complexity index is 375. The van der Waals surface area contributed by atoms with Gasteiger partial charge in [-0.05, 0) is 24.1 Å². The quantitative estimate of drug-likeness (QED) is 0.840. The Balaban J connectivity index is 3.22. The molecule has 0 spiro atoms. The molecule has 0 fully saturated rings. The van der Waals surface area contributed by atoms with E-state index in [1.54, 1.807) is 13.8 Å². The van der Waals surface area contributed by atoms with Crippen molar-refractivity contribution >= 4 is 5.97 Å². The largest absolute Gasteiger partial charge is 0.481 e. The normalized spacial score (nSPS) is 12.9. The number of benzene rings is 1. The summed E-state index contributed by atoms with van der Waals surface area (Å²) in [6.45, 7) is 3.31. The van der Waals surface area contributed by atoms with Gasteiger partial charge in [0.15, 0.2) is 0 Å². The molecule has 0 heterocycles. The van der Waals surface area contributed by atoms with E-state index in [4.69, 9.17) is 5.11 Å². The van der Waals surface area contributed by atoms with E-state index in [1.807, 2.05) is 0 Å². The zero-order valence-corrected chi connectivity index (χ0v) is 8.50. The fourth-order valence-corrected chi connectivity index (χ4v) is 1.53. The van der Waals surface area contributed by atoms with Crippen molar-refractivity contribution in [2.45, 2.75) is 19.8 Å². The topological polar surface area (TPSA) is 37.3 Å². The third-order valence-electron chi connectivity index (χ3n) is 2.23. The minimum Gasteiger partial charge on any atom is -0.481 e. The minimum atomic E-state index is -1.14. The lowest BCUT2D eigenvalue weighted by Gasteiger charge is -2.17. The second kappa shape index (κ2) is 4.38. The van der Waals surface area contributed by atoms with Crippen molar-refractivity contribution in [3.8, 4) is 0 Å². The number of aliphatic carboxylic acids is 1. The van der Waals surface area contributed by atoms with E-state index in [2.05, 4.69) is 0 Å². The van der Waals surface area contributed by atoms with Crippen molar-refractivity contribution in [3.63, 3.8) is 0 Å². The van der Waals surface area contributed by atoms with Crippen LogP contribution < -0.4 is 0 Å². The summed E-state index contributed by atoms with van der Waals surface area (Å²) in [4.78, 5) is 10.9. The highest BCUT2D eigenvalue weighted by atomic mass is 19.1. The van der Waals surface area contributed by atoms with E-state index < -0.39 is 23.5 Å². The van der Waals surface area contributed by atoms with Gasteiger partial charge >= 0.3 is 5.97 Å². The van der Waals surface area contributed by atoms with Crippen LogP contribution in [0, 0.1) is 17.6 Å². The van der Waals surface area contributed by atoms with Crippen LogP contribution in [0.2, 0.25) is 0 Å². The molecule has 1 rings (SSSR count). The molecule has 0 amide bonds. The molecule has 1 N–H and O–H groups in total. The molecular weight excluding hydrogens is 202 g/mol. The summed E-state index contributed by atoms with van der Waals surface area (Å²) in [7, 11) is 0. The maximum absolute atomic E-state index is 13.3. The SMILES string of the molecule is CC(C)[C@@H](C(=O)O)c1cc(F)ccc1F. The van der Waals surface area contributed by atoms with Crippen LogP contribution in [0.1, 0.15) is 25.3 Å². The summed E-state index contributed by atoms with van der Waals surface area (Å²) in [5.41, 5.74) is -0.0995. The molecule has 1 atom stereocenters. The first kappa shape index (κ1) is 11.6. The van der Waals surface area contributed by atoms with E-state index in [9.17, 15) is 13.6 Å². The third-order valence-corrected chi connectivity index (χ3v) is 2.23. The molecule has 0 radical (unpaired) electrons. The van der Waals surface area contributed by atoms with Gasteiger partial charge in [0.1, 0.15) is 11.6 Å². The smallest absolute Gasteiger partial charge is 0.311 e. The summed E-state index contributed by atoms with van der Waals surface area (Å²) >= 11 is 0. The zero-order valence-electron chi connectivity index (χ0n) is 8.50. The Morgan fingerprint density at radius 1 is 1.33 bits per heavy atom. The molecule has 82 valence electrons. The predicted octanol–water partition coefficient (Wildman–Crippen LogP) is 2.79. The third kappa shape index (κ3) is 2.52. The molecule has 0 aliphatic carbocycles. The Morgan fingerprint density at radius 3 is 2.40 bits per heavy atom. The average Bonchev–Trinajstić information content (AvgIpc) is 2.10. The Hall–Kier alpha value is -1.45. The minimum absolute atomic E-state index is 0.0995. The van der Waals surface area contributed by atoms with Crippen LogP contribution in [0.15, 0.2) is 18.2 Å². The molecule has 0 bridgehead atoms. The van der Waals surface area contributed by atoms with Crippen molar-refractivity contribution in [1.29, 1.82) is 0 Å². The van der Waals surface area contributed by atoms with Gasteiger partial charge in [-0.25, -0.2) is 8.78 Å². The van der Waals surface area contributed by atoms with Crippen molar-refractivity contribution in [3.05, 3.63) is 35.4 Å². The number of rotatable bonds is 3. The summed E-state index contributed by atoms with van der Waals surface area (Å²) in [6, 6.07) is 2.86. The summed E-state index contributed by atoms with van der Waals surface area (Å²) in [5.74, 6) is -3.76. The van der Waals surface area contributed by atoms with E-state index in [1.165, 1.54) is 0 Å². The molecule has 15 heavy (non-hydrogen) atoms. The second-order valence-corrected chi connectivity index (χ2v) is 3.73. The summed E-state index contributed by atoms with van der Waals surface area (Å²) in [6.07, 6.45) is 0. The second-order valence-electron chi connectivity index (χ2n) is 3.73. The number of hydrogen-bond donors (Lipinski definition) is 1. The zero-order chi connectivity index (χ0) is 11.6. The van der Waals surface area contributed by atoms with Gasteiger partial charge in [-0.3, -0.25) is 4.79 Å². The molecule has 1 aromatic rings. The lowest BCUT2D eigenvalue weighted by atomic mass is 9.88. The number of carboxylic acids is 1. The maximum Gasteiger partial charge on any atom is 0.311 e. The van der Waals surface area contributed by atoms with Crippen molar-refractivity contribution in [1.82, 2.24) is 0 Å². The van der Waals surface area contributed by atoms with E-state index in [-0.39, 0.29) is 11.5 Å². The van der Waals surface area contributed by atoms with Gasteiger partial charge in [0.05, 0.1) is 5.92 Å². The van der Waals surface area contributed by atoms with Crippen LogP contribution in [-0.4, -0.2) is 11.1 Å². The predicted molar refractivity (Wildman–Crippen MR) is 51.6 cm³/mol. The first-order chi connectivity index (χ1) is 6.93. The van der Waals surface area contributed by atoms with Crippen molar-refractivity contribution in [2.24, 2.45) is 5.92 Å². The highest BCUT2D eigenvalue weighted by Crippen LogP contribution is 2.27. The molecule has 0 unspecified atom stereocenters. The summed E-state index contributed by atoms with van der Waals surface area (Å²) in [5, 5.41) is 8.92. The van der Waals surface area contributed by atoms with Crippen LogP contribution in [-0.2, 0) is 4.79 Å². The van der Waals surface area contributed by atoms with Gasteiger partial charge in [0, 0.05) is 5.56 Å². The molecule has 1 aromatic carbocycles. The Morgan fingerprint density at radius 2 is 1.93 bits per heavy atom. The van der Waals surface area contributed by atoms with Gasteiger partial charge in [-0.2, -0.15) is 0 Å². The number of hydrogen-bond acceptors (Lipinski definition) is 1. The molecule has 0 aromatic heterocycles. The molecular formula is C11H12F2O2. The standard InChI is InChI=1S/C11H12F2O2/c1-6(2)10(11(14)15)8-5-7(12)3-4-9(8)13/h3-6,10H,1-2H3,(H,14,15)/t10-/m1/s1. The maximum atomic E-state index is 13.3. The highest BCUT2D eigenvalue weighted by molar-refractivity contribution is 5.76. The molecule has 0 saturated carbocycles. The molecule has 0 saturated heterocycles. The molecule has 0 aliphatic heterocycles. The van der Waals surface area contributed by atoms with Crippen LogP contribution in [0.5, 0.6) is 0 Å². The van der Waals surface area contributed by atoms with Gasteiger partial charge < -0.3 is 5.11 Å². The van der Waals surface area contributed by atoms with Crippen LogP contribution in [0.4, 0.5) is 8.78 Å². The first-order valence-electron chi connectivity index (χ1n) is 4.61. The fourth-order valence-electron chi connectivity index (χ4n) is 1.53. The average molecular weight is 214 g/mol. The van der Waals surface area contributed by atoms with E-state index >= 15 is 0 Å². The molecule has 2 nitrogen and oxygen atoms in total. The first-order valence-corrected chi connectivity index (χ1v) is 4.61. The Kier molecular flexibility index (Phi) is 3.39. The van der Waals surface area contributed by atoms with Gasteiger partial charge in [0.2, 0.25) is 0 Å². The van der Waals surface area contributed by atoms with Crippen molar-refractivity contribution < 1.29 is 18.7 Å². The molecule has 4 heteroatoms. The van der Waals surface area contributed by atoms with Crippen LogP contribution in [0.25, 0.3) is 0 Å². The lowest BCUT2D eigenvalue weighted by molar-refractivity contribution is -0.139.